The van der Waals surface area contributed by atoms with E-state index in [1.807, 2.05) is 12.1 Å². The second-order valence-corrected chi connectivity index (χ2v) is 5.10. The van der Waals surface area contributed by atoms with Gasteiger partial charge >= 0.3 is 5.97 Å². The van der Waals surface area contributed by atoms with Crippen LogP contribution in [0.1, 0.15) is 12.5 Å². The van der Waals surface area contributed by atoms with Crippen LogP contribution in [0.25, 0.3) is 0 Å². The molecular formula is C11H11ClINO3. The summed E-state index contributed by atoms with van der Waals surface area (Å²) in [7, 11) is 0. The molecule has 1 aromatic carbocycles. The van der Waals surface area contributed by atoms with E-state index in [9.17, 15) is 9.59 Å². The lowest BCUT2D eigenvalue weighted by molar-refractivity contribution is -0.146. The summed E-state index contributed by atoms with van der Waals surface area (Å²) in [5.74, 6) is -2.69. The molecule has 0 aliphatic heterocycles. The Labute approximate surface area is 117 Å². The van der Waals surface area contributed by atoms with Crippen LogP contribution in [0, 0.1) is 9.49 Å². The standard InChI is InChI=1S/C11H11ClINO3/c1-6(11(16)17)10(15)14-5-7-2-3-9(13)8(12)4-7/h2-4,6H,5H2,1H3,(H,14,15)(H,16,17). The lowest BCUT2D eigenvalue weighted by Gasteiger charge is -2.08. The molecule has 4 nitrogen and oxygen atoms in total. The number of carbonyl (C=O) groups is 2. The van der Waals surface area contributed by atoms with E-state index in [0.717, 1.165) is 9.13 Å². The van der Waals surface area contributed by atoms with E-state index in [-0.39, 0.29) is 6.54 Å². The fourth-order valence-electron chi connectivity index (χ4n) is 1.10. The van der Waals surface area contributed by atoms with Crippen molar-refractivity contribution in [1.82, 2.24) is 5.32 Å². The molecule has 1 aromatic rings. The first kappa shape index (κ1) is 14.2. The number of carbonyl (C=O) groups excluding carboxylic acids is 1. The molecule has 0 bridgehead atoms. The van der Waals surface area contributed by atoms with Gasteiger partial charge in [-0.3, -0.25) is 9.59 Å². The number of aliphatic carboxylic acids is 1. The van der Waals surface area contributed by atoms with E-state index in [4.69, 9.17) is 16.7 Å². The molecule has 0 saturated heterocycles. The van der Waals surface area contributed by atoms with Crippen LogP contribution in [0.4, 0.5) is 0 Å². The molecule has 1 atom stereocenters. The number of carboxylic acid groups (broad SMARTS) is 1. The fraction of sp³-hybridized carbons (Fsp3) is 0.273. The molecule has 1 amide bonds. The van der Waals surface area contributed by atoms with Crippen molar-refractivity contribution < 1.29 is 14.7 Å². The third-order valence-electron chi connectivity index (χ3n) is 2.21. The summed E-state index contributed by atoms with van der Waals surface area (Å²) in [6.07, 6.45) is 0. The molecule has 17 heavy (non-hydrogen) atoms. The highest BCUT2D eigenvalue weighted by molar-refractivity contribution is 14.1. The van der Waals surface area contributed by atoms with Crippen molar-refractivity contribution in [3.63, 3.8) is 0 Å². The number of hydrogen-bond donors (Lipinski definition) is 2. The van der Waals surface area contributed by atoms with Crippen LogP contribution in [-0.4, -0.2) is 17.0 Å². The van der Waals surface area contributed by atoms with Crippen LogP contribution in [0.15, 0.2) is 18.2 Å². The number of rotatable bonds is 4. The molecule has 0 aliphatic carbocycles. The van der Waals surface area contributed by atoms with Gasteiger partial charge in [0.2, 0.25) is 5.91 Å². The van der Waals surface area contributed by atoms with E-state index in [1.54, 1.807) is 6.07 Å². The lowest BCUT2D eigenvalue weighted by Crippen LogP contribution is -2.33. The zero-order chi connectivity index (χ0) is 13.0. The molecule has 0 aliphatic rings. The zero-order valence-electron chi connectivity index (χ0n) is 9.04. The molecule has 0 spiro atoms. The van der Waals surface area contributed by atoms with Crippen molar-refractivity contribution in [2.24, 2.45) is 5.92 Å². The van der Waals surface area contributed by atoms with E-state index >= 15 is 0 Å². The predicted molar refractivity (Wildman–Crippen MR) is 72.8 cm³/mol. The second-order valence-electron chi connectivity index (χ2n) is 3.53. The maximum absolute atomic E-state index is 11.4. The van der Waals surface area contributed by atoms with Crippen LogP contribution < -0.4 is 5.32 Å². The Morgan fingerprint density at radius 1 is 1.53 bits per heavy atom. The van der Waals surface area contributed by atoms with E-state index in [0.29, 0.717) is 5.02 Å². The average molecular weight is 368 g/mol. The predicted octanol–water partition coefficient (Wildman–Crippen LogP) is 2.28. The smallest absolute Gasteiger partial charge is 0.315 e. The highest BCUT2D eigenvalue weighted by Crippen LogP contribution is 2.19. The largest absolute Gasteiger partial charge is 0.481 e. The summed E-state index contributed by atoms with van der Waals surface area (Å²) in [6.45, 7) is 1.62. The first-order valence-corrected chi connectivity index (χ1v) is 6.32. The van der Waals surface area contributed by atoms with Gasteiger partial charge in [0.15, 0.2) is 0 Å². The molecule has 1 rings (SSSR count). The molecule has 0 fully saturated rings. The summed E-state index contributed by atoms with van der Waals surface area (Å²) in [5, 5.41) is 11.8. The normalized spacial score (nSPS) is 11.9. The number of nitrogens with one attached hydrogen (secondary N) is 1. The summed E-state index contributed by atoms with van der Waals surface area (Å²) >= 11 is 8.03. The summed E-state index contributed by atoms with van der Waals surface area (Å²) < 4.78 is 0.929. The number of amides is 1. The fourth-order valence-corrected chi connectivity index (χ4v) is 1.64. The summed E-state index contributed by atoms with van der Waals surface area (Å²) in [6, 6.07) is 5.42. The molecular weight excluding hydrogens is 356 g/mol. The van der Waals surface area contributed by atoms with E-state index < -0.39 is 17.8 Å². The molecule has 2 N–H and O–H groups in total. The van der Waals surface area contributed by atoms with Crippen molar-refractivity contribution >= 4 is 46.1 Å². The topological polar surface area (TPSA) is 66.4 Å². The Morgan fingerprint density at radius 2 is 2.18 bits per heavy atom. The lowest BCUT2D eigenvalue weighted by atomic mass is 10.1. The maximum atomic E-state index is 11.4. The number of carboxylic acids is 1. The van der Waals surface area contributed by atoms with E-state index in [2.05, 4.69) is 27.9 Å². The third kappa shape index (κ3) is 4.16. The van der Waals surface area contributed by atoms with Gasteiger partial charge in [0, 0.05) is 10.1 Å². The van der Waals surface area contributed by atoms with Gasteiger partial charge in [-0.15, -0.1) is 0 Å². The second kappa shape index (κ2) is 6.20. The quantitative estimate of drug-likeness (QED) is 0.634. The van der Waals surface area contributed by atoms with Gasteiger partial charge in [0.05, 0.1) is 5.02 Å². The minimum atomic E-state index is -1.14. The van der Waals surface area contributed by atoms with E-state index in [1.165, 1.54) is 6.92 Å². The maximum Gasteiger partial charge on any atom is 0.315 e. The van der Waals surface area contributed by atoms with Gasteiger partial charge in [0.25, 0.3) is 0 Å². The molecule has 6 heteroatoms. The van der Waals surface area contributed by atoms with Crippen LogP contribution >= 0.6 is 34.2 Å². The van der Waals surface area contributed by atoms with Crippen molar-refractivity contribution in [2.45, 2.75) is 13.5 Å². The van der Waals surface area contributed by atoms with Gasteiger partial charge in [0.1, 0.15) is 5.92 Å². The van der Waals surface area contributed by atoms with Crippen molar-refractivity contribution in [1.29, 1.82) is 0 Å². The molecule has 0 saturated carbocycles. The first-order valence-electron chi connectivity index (χ1n) is 4.86. The molecule has 0 heterocycles. The highest BCUT2D eigenvalue weighted by atomic mass is 127. The molecule has 0 radical (unpaired) electrons. The highest BCUT2D eigenvalue weighted by Gasteiger charge is 2.19. The minimum absolute atomic E-state index is 0.271. The average Bonchev–Trinajstić information content (AvgIpc) is 2.29. The Hall–Kier alpha value is -0.820. The first-order chi connectivity index (χ1) is 7.91. The number of halogens is 2. The Bertz CT molecular complexity index is 450. The Morgan fingerprint density at radius 3 is 2.71 bits per heavy atom. The van der Waals surface area contributed by atoms with Crippen LogP contribution in [-0.2, 0) is 16.1 Å². The van der Waals surface area contributed by atoms with Crippen molar-refractivity contribution in [2.75, 3.05) is 0 Å². The molecule has 1 unspecified atom stereocenters. The Balaban J connectivity index is 2.59. The SMILES string of the molecule is CC(C(=O)O)C(=O)NCc1ccc(I)c(Cl)c1. The summed E-state index contributed by atoms with van der Waals surface area (Å²) in [5.41, 5.74) is 0.835. The monoisotopic (exact) mass is 367 g/mol. The molecule has 92 valence electrons. The van der Waals surface area contributed by atoms with Gasteiger partial charge in [-0.2, -0.15) is 0 Å². The zero-order valence-corrected chi connectivity index (χ0v) is 11.9. The minimum Gasteiger partial charge on any atom is -0.481 e. The van der Waals surface area contributed by atoms with Crippen LogP contribution in [0.3, 0.4) is 0 Å². The summed E-state index contributed by atoms with van der Waals surface area (Å²) in [4.78, 5) is 22.0. The van der Waals surface area contributed by atoms with Crippen molar-refractivity contribution in [3.8, 4) is 0 Å². The van der Waals surface area contributed by atoms with Gasteiger partial charge in [-0.1, -0.05) is 17.7 Å². The molecule has 0 aromatic heterocycles. The Kier molecular flexibility index (Phi) is 5.20. The number of hydrogen-bond acceptors (Lipinski definition) is 2. The number of benzene rings is 1. The van der Waals surface area contributed by atoms with Gasteiger partial charge in [-0.05, 0) is 47.2 Å². The van der Waals surface area contributed by atoms with Crippen LogP contribution in [0.2, 0.25) is 5.02 Å². The van der Waals surface area contributed by atoms with Gasteiger partial charge < -0.3 is 10.4 Å². The van der Waals surface area contributed by atoms with Crippen molar-refractivity contribution in [3.05, 3.63) is 32.4 Å². The van der Waals surface area contributed by atoms with Crippen LogP contribution in [0.5, 0.6) is 0 Å². The van der Waals surface area contributed by atoms with Gasteiger partial charge in [-0.25, -0.2) is 0 Å². The third-order valence-corrected chi connectivity index (χ3v) is 3.79.